The van der Waals surface area contributed by atoms with Crippen LogP contribution in [-0.2, 0) is 18.9 Å². The van der Waals surface area contributed by atoms with Gasteiger partial charge in [-0.15, -0.1) is 0 Å². The molecule has 1 saturated heterocycles. The highest BCUT2D eigenvalue weighted by molar-refractivity contribution is 5.32. The fourth-order valence-electron chi connectivity index (χ4n) is 9.69. The fraction of sp³-hybridized carbons (Fsp3) is 0.800. The number of hydrogen-bond acceptors (Lipinski definition) is 5. The molecule has 194 valence electrons. The summed E-state index contributed by atoms with van der Waals surface area (Å²) >= 11 is 0. The van der Waals surface area contributed by atoms with Gasteiger partial charge in [-0.2, -0.15) is 0 Å². The van der Waals surface area contributed by atoms with Crippen molar-refractivity contribution in [3.63, 3.8) is 0 Å². The van der Waals surface area contributed by atoms with E-state index in [1.807, 2.05) is 0 Å². The van der Waals surface area contributed by atoms with E-state index in [-0.39, 0.29) is 17.3 Å². The zero-order valence-electron chi connectivity index (χ0n) is 22.1. The number of methoxy groups -OCH3 is 2. The van der Waals surface area contributed by atoms with E-state index in [9.17, 15) is 0 Å². The van der Waals surface area contributed by atoms with Crippen LogP contribution >= 0.6 is 0 Å². The summed E-state index contributed by atoms with van der Waals surface area (Å²) in [5.41, 5.74) is 2.00. The third kappa shape index (κ3) is 3.79. The summed E-state index contributed by atoms with van der Waals surface area (Å²) in [6.45, 7) is 7.07. The maximum absolute atomic E-state index is 6.34. The largest absolute Gasteiger partial charge is 0.497 e. The highest BCUT2D eigenvalue weighted by Crippen LogP contribution is 2.70. The minimum Gasteiger partial charge on any atom is -0.497 e. The lowest BCUT2D eigenvalue weighted by atomic mass is 9.41. The SMILES string of the molecule is COCO[C@H]1CC[C@H]2[C@@H]3CC[C@H]4CC5(CC[C@]4(C)[C@H]3[C@@H](c3ccc(OC)cc3)C[C@]12C)OCCO5. The summed E-state index contributed by atoms with van der Waals surface area (Å²) in [7, 11) is 3.49. The van der Waals surface area contributed by atoms with Crippen LogP contribution in [0.25, 0.3) is 0 Å². The predicted octanol–water partition coefficient (Wildman–Crippen LogP) is 6.16. The Labute approximate surface area is 211 Å². The summed E-state index contributed by atoms with van der Waals surface area (Å²) in [6.07, 6.45) is 9.88. The molecule has 0 bridgehead atoms. The van der Waals surface area contributed by atoms with Gasteiger partial charge in [-0.1, -0.05) is 26.0 Å². The number of benzene rings is 1. The van der Waals surface area contributed by atoms with Gasteiger partial charge in [0.2, 0.25) is 0 Å². The molecule has 1 spiro atoms. The molecule has 5 fully saturated rings. The van der Waals surface area contributed by atoms with Gasteiger partial charge in [0, 0.05) is 20.0 Å². The molecule has 6 rings (SSSR count). The van der Waals surface area contributed by atoms with E-state index in [1.165, 1.54) is 37.7 Å². The molecule has 5 nitrogen and oxygen atoms in total. The van der Waals surface area contributed by atoms with Crippen LogP contribution in [0.15, 0.2) is 24.3 Å². The van der Waals surface area contributed by atoms with Gasteiger partial charge in [-0.3, -0.25) is 0 Å². The van der Waals surface area contributed by atoms with E-state index in [1.54, 1.807) is 14.2 Å². The topological polar surface area (TPSA) is 46.2 Å². The standard InChI is InChI=1S/C30H44O5/c1-28-13-14-30(34-15-16-35-30)17-21(28)7-10-23-25-11-12-26(33-19-31-3)29(25,2)18-24(27(23)28)20-5-8-22(32-4)9-6-20/h5-6,8-9,21,23-27H,7,10-19H2,1-4H3/t21-,23-,24+,25-,26-,27+,28-,29-/m0/s1. The van der Waals surface area contributed by atoms with Gasteiger partial charge < -0.3 is 23.7 Å². The Bertz CT molecular complexity index is 895. The van der Waals surface area contributed by atoms with Gasteiger partial charge in [0.15, 0.2) is 5.79 Å². The lowest BCUT2D eigenvalue weighted by Crippen LogP contribution is -2.58. The second-order valence-electron chi connectivity index (χ2n) is 12.6. The van der Waals surface area contributed by atoms with E-state index >= 15 is 0 Å². The van der Waals surface area contributed by atoms with Crippen LogP contribution in [0.3, 0.4) is 0 Å². The van der Waals surface area contributed by atoms with Gasteiger partial charge in [-0.25, -0.2) is 0 Å². The van der Waals surface area contributed by atoms with Gasteiger partial charge in [0.05, 0.1) is 26.4 Å². The number of fused-ring (bicyclic) bond motifs is 5. The third-order valence-corrected chi connectivity index (χ3v) is 11.3. The number of rotatable bonds is 5. The first-order chi connectivity index (χ1) is 16.9. The number of ether oxygens (including phenoxy) is 5. The lowest BCUT2D eigenvalue weighted by Gasteiger charge is -2.64. The van der Waals surface area contributed by atoms with Crippen molar-refractivity contribution in [2.75, 3.05) is 34.2 Å². The Morgan fingerprint density at radius 3 is 2.37 bits per heavy atom. The molecule has 1 aliphatic heterocycles. The molecule has 0 N–H and O–H groups in total. The van der Waals surface area contributed by atoms with E-state index in [0.717, 1.165) is 50.1 Å². The zero-order chi connectivity index (χ0) is 24.3. The van der Waals surface area contributed by atoms with Gasteiger partial charge >= 0.3 is 0 Å². The van der Waals surface area contributed by atoms with Crippen LogP contribution in [0.5, 0.6) is 5.75 Å². The molecule has 4 aliphatic carbocycles. The van der Waals surface area contributed by atoms with Crippen molar-refractivity contribution in [1.82, 2.24) is 0 Å². The monoisotopic (exact) mass is 484 g/mol. The first-order valence-corrected chi connectivity index (χ1v) is 13.9. The average molecular weight is 485 g/mol. The normalized spacial score (nSPS) is 44.0. The van der Waals surface area contributed by atoms with Gasteiger partial charge in [-0.05, 0) is 96.6 Å². The van der Waals surface area contributed by atoms with Crippen LogP contribution in [0.1, 0.15) is 76.7 Å². The first-order valence-electron chi connectivity index (χ1n) is 13.9. The van der Waals surface area contributed by atoms with E-state index in [2.05, 4.69) is 38.1 Å². The molecule has 8 atom stereocenters. The second kappa shape index (κ2) is 9.01. The molecule has 0 aromatic heterocycles. The molecule has 0 radical (unpaired) electrons. The van der Waals surface area contributed by atoms with Crippen molar-refractivity contribution in [2.45, 2.75) is 83.0 Å². The Hall–Kier alpha value is -1.14. The Morgan fingerprint density at radius 2 is 1.66 bits per heavy atom. The molecule has 5 aliphatic rings. The quantitative estimate of drug-likeness (QED) is 0.468. The molecule has 4 saturated carbocycles. The Balaban J connectivity index is 1.37. The molecule has 35 heavy (non-hydrogen) atoms. The lowest BCUT2D eigenvalue weighted by molar-refractivity contribution is -0.234. The van der Waals surface area contributed by atoms with E-state index < -0.39 is 0 Å². The second-order valence-corrected chi connectivity index (χ2v) is 12.6. The van der Waals surface area contributed by atoms with Crippen molar-refractivity contribution in [3.05, 3.63) is 29.8 Å². The van der Waals surface area contributed by atoms with Crippen molar-refractivity contribution in [3.8, 4) is 5.75 Å². The Kier molecular flexibility index (Phi) is 6.23. The van der Waals surface area contributed by atoms with Crippen LogP contribution in [0.2, 0.25) is 0 Å². The van der Waals surface area contributed by atoms with Crippen molar-refractivity contribution < 1.29 is 23.7 Å². The highest BCUT2D eigenvalue weighted by atomic mass is 16.7. The molecule has 1 heterocycles. The molecule has 5 heteroatoms. The maximum atomic E-state index is 6.34. The molecule has 0 amide bonds. The Morgan fingerprint density at radius 1 is 0.886 bits per heavy atom. The summed E-state index contributed by atoms with van der Waals surface area (Å²) in [6, 6.07) is 8.99. The van der Waals surface area contributed by atoms with Crippen molar-refractivity contribution in [1.29, 1.82) is 0 Å². The van der Waals surface area contributed by atoms with Crippen LogP contribution in [0, 0.1) is 34.5 Å². The molecular weight excluding hydrogens is 440 g/mol. The minimum atomic E-state index is -0.303. The summed E-state index contributed by atoms with van der Waals surface area (Å²) in [4.78, 5) is 0. The molecule has 1 aromatic carbocycles. The zero-order valence-corrected chi connectivity index (χ0v) is 22.1. The maximum Gasteiger partial charge on any atom is 0.168 e. The molecular formula is C30H44O5. The smallest absolute Gasteiger partial charge is 0.168 e. The predicted molar refractivity (Wildman–Crippen MR) is 134 cm³/mol. The summed E-state index contributed by atoms with van der Waals surface area (Å²) in [5.74, 6) is 4.01. The van der Waals surface area contributed by atoms with E-state index in [0.29, 0.717) is 30.0 Å². The van der Waals surface area contributed by atoms with Gasteiger partial charge in [0.1, 0.15) is 12.5 Å². The van der Waals surface area contributed by atoms with Gasteiger partial charge in [0.25, 0.3) is 0 Å². The number of hydrogen-bond donors (Lipinski definition) is 0. The molecule has 0 unspecified atom stereocenters. The van der Waals surface area contributed by atoms with Crippen LogP contribution in [-0.4, -0.2) is 46.1 Å². The van der Waals surface area contributed by atoms with E-state index in [4.69, 9.17) is 23.7 Å². The summed E-state index contributed by atoms with van der Waals surface area (Å²) in [5, 5.41) is 0. The summed E-state index contributed by atoms with van der Waals surface area (Å²) < 4.78 is 29.6. The van der Waals surface area contributed by atoms with Crippen LogP contribution in [0.4, 0.5) is 0 Å². The highest BCUT2D eigenvalue weighted by Gasteiger charge is 2.65. The third-order valence-electron chi connectivity index (χ3n) is 11.3. The van der Waals surface area contributed by atoms with Crippen molar-refractivity contribution in [2.24, 2.45) is 34.5 Å². The minimum absolute atomic E-state index is 0.195. The molecule has 1 aromatic rings. The van der Waals surface area contributed by atoms with Crippen LogP contribution < -0.4 is 4.74 Å². The van der Waals surface area contributed by atoms with Crippen molar-refractivity contribution >= 4 is 0 Å². The average Bonchev–Trinajstić information content (AvgIpc) is 3.46. The first kappa shape index (κ1) is 24.2. The fourth-order valence-corrected chi connectivity index (χ4v) is 9.69.